The Hall–Kier alpha value is -2.70. The molecular weight excluding hydrogens is 346 g/mol. The number of carbonyl (C=O) groups is 4. The lowest BCUT2D eigenvalue weighted by molar-refractivity contribution is -0.140. The second-order valence-electron chi connectivity index (χ2n) is 7.40. The first-order chi connectivity index (χ1) is 12.9. The first-order valence-corrected chi connectivity index (χ1v) is 9.35. The van der Waals surface area contributed by atoms with Gasteiger partial charge in [-0.2, -0.15) is 0 Å². The Kier molecular flexibility index (Phi) is 5.58. The van der Waals surface area contributed by atoms with Crippen molar-refractivity contribution in [2.45, 2.75) is 32.1 Å². The number of nitrogens with one attached hydrogen (secondary N) is 1. The van der Waals surface area contributed by atoms with Gasteiger partial charge in [0.05, 0.1) is 11.8 Å². The average Bonchev–Trinajstić information content (AvgIpc) is 2.91. The molecule has 0 unspecified atom stereocenters. The van der Waals surface area contributed by atoms with E-state index in [-0.39, 0.29) is 48.4 Å². The minimum Gasteiger partial charge on any atom is -0.345 e. The lowest BCUT2D eigenvalue weighted by atomic mass is 9.81. The van der Waals surface area contributed by atoms with E-state index in [0.29, 0.717) is 11.3 Å². The van der Waals surface area contributed by atoms with Crippen molar-refractivity contribution >= 4 is 29.3 Å². The molecule has 0 aromatic heterocycles. The van der Waals surface area contributed by atoms with Crippen LogP contribution in [0.2, 0.25) is 0 Å². The lowest BCUT2D eigenvalue weighted by Gasteiger charge is -2.19. The molecule has 7 nitrogen and oxygen atoms in total. The summed E-state index contributed by atoms with van der Waals surface area (Å²) < 4.78 is 0. The van der Waals surface area contributed by atoms with Crippen LogP contribution in [-0.4, -0.2) is 54.1 Å². The quantitative estimate of drug-likeness (QED) is 0.801. The number of benzene rings is 1. The SMILES string of the molecule is CN(C)C(=O)c1ccc(NC(=O)CCN2C(=O)[C@@H]3CCCC[C@H]3C2=O)cc1. The average molecular weight is 371 g/mol. The second kappa shape index (κ2) is 7.90. The molecule has 1 saturated carbocycles. The number of rotatable bonds is 5. The summed E-state index contributed by atoms with van der Waals surface area (Å²) in [5.74, 6) is -0.988. The zero-order valence-corrected chi connectivity index (χ0v) is 15.7. The van der Waals surface area contributed by atoms with Crippen LogP contribution in [-0.2, 0) is 14.4 Å². The molecule has 1 aliphatic carbocycles. The normalized spacial score (nSPS) is 21.8. The number of likely N-dealkylation sites (tertiary alicyclic amines) is 1. The Morgan fingerprint density at radius 3 is 2.11 bits per heavy atom. The minimum atomic E-state index is -0.267. The molecule has 1 heterocycles. The van der Waals surface area contributed by atoms with Crippen LogP contribution in [0.1, 0.15) is 42.5 Å². The van der Waals surface area contributed by atoms with Gasteiger partial charge in [0.2, 0.25) is 17.7 Å². The Balaban J connectivity index is 1.53. The van der Waals surface area contributed by atoms with Crippen molar-refractivity contribution in [1.82, 2.24) is 9.80 Å². The molecule has 0 radical (unpaired) electrons. The van der Waals surface area contributed by atoms with Crippen LogP contribution in [0.3, 0.4) is 0 Å². The molecule has 0 spiro atoms. The van der Waals surface area contributed by atoms with E-state index in [1.54, 1.807) is 38.4 Å². The smallest absolute Gasteiger partial charge is 0.253 e. The van der Waals surface area contributed by atoms with Gasteiger partial charge in [-0.05, 0) is 37.1 Å². The molecule has 1 N–H and O–H groups in total. The third-order valence-electron chi connectivity index (χ3n) is 5.32. The summed E-state index contributed by atoms with van der Waals surface area (Å²) in [7, 11) is 3.35. The molecule has 2 fully saturated rings. The first kappa shape index (κ1) is 19.1. The predicted molar refractivity (Wildman–Crippen MR) is 99.9 cm³/mol. The topological polar surface area (TPSA) is 86.8 Å². The third kappa shape index (κ3) is 4.02. The standard InChI is InChI=1S/C20H25N3O4/c1-22(2)18(25)13-7-9-14(10-8-13)21-17(24)11-12-23-19(26)15-5-3-4-6-16(15)20(23)27/h7-10,15-16H,3-6,11-12H2,1-2H3,(H,21,24)/t15-,16-/m1/s1. The number of imide groups is 1. The van der Waals surface area contributed by atoms with Gasteiger partial charge in [-0.3, -0.25) is 24.1 Å². The Labute approximate surface area is 158 Å². The van der Waals surface area contributed by atoms with Gasteiger partial charge in [0.25, 0.3) is 5.91 Å². The fourth-order valence-electron chi connectivity index (χ4n) is 3.84. The Morgan fingerprint density at radius 1 is 1.04 bits per heavy atom. The van der Waals surface area contributed by atoms with Gasteiger partial charge in [0.1, 0.15) is 0 Å². The molecule has 1 aromatic rings. The largest absolute Gasteiger partial charge is 0.345 e. The summed E-state index contributed by atoms with van der Waals surface area (Å²) in [6.45, 7) is 0.119. The van der Waals surface area contributed by atoms with Gasteiger partial charge in [-0.1, -0.05) is 12.8 Å². The molecule has 0 bridgehead atoms. The van der Waals surface area contributed by atoms with E-state index in [1.807, 2.05) is 0 Å². The van der Waals surface area contributed by atoms with Gasteiger partial charge in [0.15, 0.2) is 0 Å². The number of anilines is 1. The number of hydrogen-bond acceptors (Lipinski definition) is 4. The summed E-state index contributed by atoms with van der Waals surface area (Å²) in [6.07, 6.45) is 3.59. The fraction of sp³-hybridized carbons (Fsp3) is 0.500. The number of amides is 4. The molecule has 2 atom stereocenters. The predicted octanol–water partition coefficient (Wildman–Crippen LogP) is 1.89. The summed E-state index contributed by atoms with van der Waals surface area (Å²) >= 11 is 0. The fourth-order valence-corrected chi connectivity index (χ4v) is 3.84. The molecular formula is C20H25N3O4. The van der Waals surface area contributed by atoms with Crippen LogP contribution in [0.25, 0.3) is 0 Å². The Morgan fingerprint density at radius 2 is 1.59 bits per heavy atom. The zero-order chi connectivity index (χ0) is 19.6. The second-order valence-corrected chi connectivity index (χ2v) is 7.40. The third-order valence-corrected chi connectivity index (χ3v) is 5.32. The maximum atomic E-state index is 12.4. The van der Waals surface area contributed by atoms with Crippen molar-refractivity contribution in [2.75, 3.05) is 26.0 Å². The highest BCUT2D eigenvalue weighted by Gasteiger charge is 2.47. The lowest BCUT2D eigenvalue weighted by Crippen LogP contribution is -2.34. The van der Waals surface area contributed by atoms with Crippen LogP contribution in [0.15, 0.2) is 24.3 Å². The maximum absolute atomic E-state index is 12.4. The number of nitrogens with zero attached hydrogens (tertiary/aromatic N) is 2. The van der Waals surface area contributed by atoms with Gasteiger partial charge >= 0.3 is 0 Å². The summed E-state index contributed by atoms with van der Waals surface area (Å²) in [5, 5.41) is 2.74. The van der Waals surface area contributed by atoms with Crippen molar-refractivity contribution in [1.29, 1.82) is 0 Å². The van der Waals surface area contributed by atoms with Crippen LogP contribution in [0, 0.1) is 11.8 Å². The molecule has 1 aromatic carbocycles. The molecule has 7 heteroatoms. The highest BCUT2D eigenvalue weighted by molar-refractivity contribution is 6.05. The summed E-state index contributed by atoms with van der Waals surface area (Å²) in [6, 6.07) is 6.62. The van der Waals surface area contributed by atoms with E-state index in [1.165, 1.54) is 9.80 Å². The molecule has 27 heavy (non-hydrogen) atoms. The highest BCUT2D eigenvalue weighted by atomic mass is 16.2. The Bertz CT molecular complexity index is 733. The molecule has 144 valence electrons. The minimum absolute atomic E-state index is 0.0648. The van der Waals surface area contributed by atoms with E-state index in [9.17, 15) is 19.2 Å². The van der Waals surface area contributed by atoms with Gasteiger partial charge in [-0.25, -0.2) is 0 Å². The van der Waals surface area contributed by atoms with Crippen LogP contribution >= 0.6 is 0 Å². The number of fused-ring (bicyclic) bond motifs is 1. The molecule has 2 aliphatic rings. The van der Waals surface area contributed by atoms with Crippen molar-refractivity contribution in [3.8, 4) is 0 Å². The van der Waals surface area contributed by atoms with E-state index in [0.717, 1.165) is 25.7 Å². The summed E-state index contributed by atoms with van der Waals surface area (Å²) in [4.78, 5) is 51.6. The van der Waals surface area contributed by atoms with E-state index in [2.05, 4.69) is 5.32 Å². The van der Waals surface area contributed by atoms with Crippen LogP contribution in [0.4, 0.5) is 5.69 Å². The van der Waals surface area contributed by atoms with Crippen molar-refractivity contribution in [3.63, 3.8) is 0 Å². The maximum Gasteiger partial charge on any atom is 0.253 e. The first-order valence-electron chi connectivity index (χ1n) is 9.35. The van der Waals surface area contributed by atoms with Crippen molar-refractivity contribution in [2.24, 2.45) is 11.8 Å². The van der Waals surface area contributed by atoms with Crippen molar-refractivity contribution < 1.29 is 19.2 Å². The summed E-state index contributed by atoms with van der Waals surface area (Å²) in [5.41, 5.74) is 1.11. The number of hydrogen-bond donors (Lipinski definition) is 1. The monoisotopic (exact) mass is 371 g/mol. The zero-order valence-electron chi connectivity index (χ0n) is 15.7. The van der Waals surface area contributed by atoms with Gasteiger partial charge in [-0.15, -0.1) is 0 Å². The van der Waals surface area contributed by atoms with Crippen LogP contribution < -0.4 is 5.32 Å². The van der Waals surface area contributed by atoms with E-state index < -0.39 is 0 Å². The molecule has 1 saturated heterocycles. The van der Waals surface area contributed by atoms with Crippen LogP contribution in [0.5, 0.6) is 0 Å². The van der Waals surface area contributed by atoms with Gasteiger partial charge in [0, 0.05) is 38.3 Å². The van der Waals surface area contributed by atoms with E-state index >= 15 is 0 Å². The molecule has 4 amide bonds. The van der Waals surface area contributed by atoms with Gasteiger partial charge < -0.3 is 10.2 Å². The van der Waals surface area contributed by atoms with Crippen molar-refractivity contribution in [3.05, 3.63) is 29.8 Å². The molecule has 3 rings (SSSR count). The van der Waals surface area contributed by atoms with E-state index in [4.69, 9.17) is 0 Å². The highest BCUT2D eigenvalue weighted by Crippen LogP contribution is 2.37. The molecule has 1 aliphatic heterocycles. The number of carbonyl (C=O) groups excluding carboxylic acids is 4.